The Morgan fingerprint density at radius 1 is 1.55 bits per heavy atom. The molecule has 0 aliphatic carbocycles. The fraction of sp³-hybridized carbons (Fsp3) is 0.583. The largest absolute Gasteiger partial charge is 0.394 e. The van der Waals surface area contributed by atoms with Crippen molar-refractivity contribution in [2.24, 2.45) is 15.7 Å². The number of hydrogen-bond donors (Lipinski definition) is 5. The Balaban J connectivity index is 1.92. The fourth-order valence-electron chi connectivity index (χ4n) is 2.60. The third-order valence-corrected chi connectivity index (χ3v) is 3.99. The number of amidine groups is 1. The van der Waals surface area contributed by atoms with E-state index in [0.717, 1.165) is 0 Å². The van der Waals surface area contributed by atoms with Crippen molar-refractivity contribution >= 4 is 23.1 Å². The van der Waals surface area contributed by atoms with E-state index in [1.807, 2.05) is 0 Å². The molecular formula is C12H16ClN5O4. The Labute approximate surface area is 131 Å². The number of fused-ring (bicyclic) bond motifs is 1. The Kier molecular flexibility index (Phi) is 3.74. The van der Waals surface area contributed by atoms with Crippen molar-refractivity contribution in [2.45, 2.75) is 29.7 Å². The van der Waals surface area contributed by atoms with Crippen LogP contribution in [0.4, 0.5) is 0 Å². The normalized spacial score (nSPS) is 40.8. The van der Waals surface area contributed by atoms with E-state index < -0.39 is 36.3 Å². The zero-order valence-corrected chi connectivity index (χ0v) is 12.2. The van der Waals surface area contributed by atoms with Crippen LogP contribution in [0, 0.1) is 0 Å². The monoisotopic (exact) mass is 329 g/mol. The molecule has 3 aliphatic heterocycles. The smallest absolute Gasteiger partial charge is 0.212 e. The highest BCUT2D eigenvalue weighted by atomic mass is 35.5. The molecule has 1 fully saturated rings. The molecule has 3 rings (SSSR count). The minimum atomic E-state index is -1.48. The average Bonchev–Trinajstić information content (AvgIpc) is 3.02. The number of halogens is 1. The lowest BCUT2D eigenvalue weighted by atomic mass is 10.1. The van der Waals surface area contributed by atoms with Crippen molar-refractivity contribution in [1.82, 2.24) is 10.2 Å². The van der Waals surface area contributed by atoms with Gasteiger partial charge in [0, 0.05) is 0 Å². The van der Waals surface area contributed by atoms with Crippen LogP contribution in [0.3, 0.4) is 0 Å². The summed E-state index contributed by atoms with van der Waals surface area (Å²) in [5.74, 6) is 0.530. The van der Waals surface area contributed by atoms with Crippen LogP contribution in [-0.4, -0.2) is 74.7 Å². The first kappa shape index (κ1) is 15.4. The maximum absolute atomic E-state index is 10.1. The van der Waals surface area contributed by atoms with E-state index in [0.29, 0.717) is 5.84 Å². The highest BCUT2D eigenvalue weighted by Crippen LogP contribution is 2.29. The lowest BCUT2D eigenvalue weighted by molar-refractivity contribution is -0.0689. The van der Waals surface area contributed by atoms with E-state index in [1.54, 1.807) is 0 Å². The zero-order valence-electron chi connectivity index (χ0n) is 11.5. The molecule has 0 amide bonds. The molecule has 5 atom stereocenters. The molecule has 0 aromatic heterocycles. The highest BCUT2D eigenvalue weighted by molar-refractivity contribution is 6.56. The van der Waals surface area contributed by atoms with Gasteiger partial charge < -0.3 is 30.3 Å². The Morgan fingerprint density at radius 3 is 2.86 bits per heavy atom. The van der Waals surface area contributed by atoms with E-state index >= 15 is 0 Å². The molecule has 10 heteroatoms. The summed E-state index contributed by atoms with van der Waals surface area (Å²) in [7, 11) is 0. The van der Waals surface area contributed by atoms with Crippen molar-refractivity contribution in [1.29, 1.82) is 0 Å². The zero-order chi connectivity index (χ0) is 16.1. The van der Waals surface area contributed by atoms with Gasteiger partial charge in [0.05, 0.1) is 6.61 Å². The van der Waals surface area contributed by atoms with Crippen molar-refractivity contribution < 1.29 is 20.1 Å². The van der Waals surface area contributed by atoms with Crippen molar-refractivity contribution in [3.63, 3.8) is 0 Å². The van der Waals surface area contributed by atoms with Crippen LogP contribution in [-0.2, 0) is 4.74 Å². The van der Waals surface area contributed by atoms with Gasteiger partial charge in [-0.2, -0.15) is 0 Å². The molecule has 120 valence electrons. The summed E-state index contributed by atoms with van der Waals surface area (Å²) in [5.41, 5.74) is 8.78. The van der Waals surface area contributed by atoms with Crippen molar-refractivity contribution in [3.05, 3.63) is 18.1 Å². The SMILES string of the molecule is C=C=C1N=C2C(=NCN2[C@@H]2O[C@H](CO)[C@@H](O)[C@H]2O)C(N)(Cl)N1. The summed E-state index contributed by atoms with van der Waals surface area (Å²) in [4.78, 5) is 9.96. The number of ether oxygens (including phenoxy) is 1. The lowest BCUT2D eigenvalue weighted by Gasteiger charge is -2.33. The predicted octanol–water partition coefficient (Wildman–Crippen LogP) is -2.38. The van der Waals surface area contributed by atoms with Crippen LogP contribution < -0.4 is 11.1 Å². The first-order valence-electron chi connectivity index (χ1n) is 6.58. The lowest BCUT2D eigenvalue weighted by Crippen LogP contribution is -2.61. The summed E-state index contributed by atoms with van der Waals surface area (Å²) in [6, 6.07) is 0. The van der Waals surface area contributed by atoms with E-state index in [-0.39, 0.29) is 18.2 Å². The number of alkyl halides is 1. The molecule has 0 aromatic carbocycles. The minimum Gasteiger partial charge on any atom is -0.394 e. The number of aliphatic imine (C=N–C) groups is 2. The van der Waals surface area contributed by atoms with Gasteiger partial charge >= 0.3 is 0 Å². The molecular weight excluding hydrogens is 314 g/mol. The molecule has 3 heterocycles. The second-order valence-corrected chi connectivity index (χ2v) is 5.74. The number of nitrogens with zero attached hydrogens (tertiary/aromatic N) is 3. The van der Waals surface area contributed by atoms with Crippen LogP contribution in [0.2, 0.25) is 0 Å². The Morgan fingerprint density at radius 2 is 2.27 bits per heavy atom. The second-order valence-electron chi connectivity index (χ2n) is 5.14. The molecule has 1 unspecified atom stereocenters. The maximum atomic E-state index is 10.1. The molecule has 0 aromatic rings. The molecule has 0 bridgehead atoms. The van der Waals surface area contributed by atoms with Gasteiger partial charge in [0.1, 0.15) is 30.7 Å². The molecule has 3 aliphatic rings. The van der Waals surface area contributed by atoms with Gasteiger partial charge in [0.2, 0.25) is 5.12 Å². The van der Waals surface area contributed by atoms with Gasteiger partial charge in [-0.05, 0) is 0 Å². The van der Waals surface area contributed by atoms with Crippen LogP contribution in [0.15, 0.2) is 28.1 Å². The molecule has 0 saturated carbocycles. The molecule has 0 radical (unpaired) electrons. The van der Waals surface area contributed by atoms with Gasteiger partial charge in [0.25, 0.3) is 0 Å². The maximum Gasteiger partial charge on any atom is 0.212 e. The van der Waals surface area contributed by atoms with E-state index in [4.69, 9.17) is 27.2 Å². The number of nitrogens with one attached hydrogen (secondary N) is 1. The number of rotatable bonds is 2. The second kappa shape index (κ2) is 5.32. The summed E-state index contributed by atoms with van der Waals surface area (Å²) in [6.45, 7) is 3.16. The summed E-state index contributed by atoms with van der Waals surface area (Å²) in [6.07, 6.45) is -4.26. The number of hydrogen-bond acceptors (Lipinski definition) is 9. The molecule has 9 nitrogen and oxygen atoms in total. The minimum absolute atomic E-state index is 0.0958. The van der Waals surface area contributed by atoms with Gasteiger partial charge in [-0.15, -0.1) is 0 Å². The molecule has 22 heavy (non-hydrogen) atoms. The predicted molar refractivity (Wildman–Crippen MR) is 77.9 cm³/mol. The quantitative estimate of drug-likeness (QED) is 0.217. The van der Waals surface area contributed by atoms with Gasteiger partial charge in [-0.25, -0.2) is 4.99 Å². The number of nitrogens with two attached hydrogens (primary N) is 1. The third-order valence-electron chi connectivity index (χ3n) is 3.72. The number of aliphatic hydroxyl groups is 3. The standard InChI is InChI=1S/C12H16ClN5O4/c1-2-6-16-10-9(12(13,14)17-6)15-4-18(10)11-8(21)7(20)5(3-19)22-11/h5,7-8,11,17,19-21H,1,3-4,14H2/t5-,7-,8-,11-,12?/m1/s1. The van der Waals surface area contributed by atoms with Crippen LogP contribution >= 0.6 is 11.6 Å². The van der Waals surface area contributed by atoms with Crippen LogP contribution in [0.1, 0.15) is 0 Å². The van der Waals surface area contributed by atoms with Gasteiger partial charge in [-0.1, -0.05) is 23.9 Å². The summed E-state index contributed by atoms with van der Waals surface area (Å²) < 4.78 is 5.48. The van der Waals surface area contributed by atoms with Crippen LogP contribution in [0.25, 0.3) is 0 Å². The van der Waals surface area contributed by atoms with E-state index in [2.05, 4.69) is 27.6 Å². The first-order valence-corrected chi connectivity index (χ1v) is 6.96. The van der Waals surface area contributed by atoms with Crippen molar-refractivity contribution in [2.75, 3.05) is 13.3 Å². The topological polar surface area (TPSA) is 136 Å². The van der Waals surface area contributed by atoms with Crippen molar-refractivity contribution in [3.8, 4) is 0 Å². The third kappa shape index (κ3) is 2.24. The van der Waals surface area contributed by atoms with Gasteiger partial charge in [-0.3, -0.25) is 10.7 Å². The summed E-state index contributed by atoms with van der Waals surface area (Å²) >= 11 is 6.19. The number of aliphatic hydroxyl groups excluding tert-OH is 3. The molecule has 0 spiro atoms. The van der Waals surface area contributed by atoms with Crippen LogP contribution in [0.5, 0.6) is 0 Å². The molecule has 1 saturated heterocycles. The average molecular weight is 330 g/mol. The van der Waals surface area contributed by atoms with E-state index in [1.165, 1.54) is 4.90 Å². The molecule has 6 N–H and O–H groups in total. The summed E-state index contributed by atoms with van der Waals surface area (Å²) in [5, 5.41) is 30.4. The fourth-order valence-corrected chi connectivity index (χ4v) is 2.84. The van der Waals surface area contributed by atoms with E-state index in [9.17, 15) is 10.2 Å². The first-order chi connectivity index (χ1) is 10.4. The Bertz CT molecular complexity index is 600. The Hall–Kier alpha value is -1.45. The van der Waals surface area contributed by atoms with Gasteiger partial charge in [0.15, 0.2) is 17.9 Å². The highest BCUT2D eigenvalue weighted by Gasteiger charge is 2.51.